The van der Waals surface area contributed by atoms with Gasteiger partial charge in [0.2, 0.25) is 5.95 Å². The molecule has 0 fully saturated rings. The minimum atomic E-state index is -0.329. The first kappa shape index (κ1) is 19.8. The highest BCUT2D eigenvalue weighted by molar-refractivity contribution is 5.99. The summed E-state index contributed by atoms with van der Waals surface area (Å²) in [4.78, 5) is 36.7. The van der Waals surface area contributed by atoms with Crippen LogP contribution in [0.4, 0.5) is 5.95 Å². The van der Waals surface area contributed by atoms with Crippen molar-refractivity contribution in [3.8, 4) is 17.0 Å². The molecule has 0 radical (unpaired) electrons. The van der Waals surface area contributed by atoms with E-state index in [1.807, 2.05) is 17.0 Å². The molecule has 0 saturated carbocycles. The Kier molecular flexibility index (Phi) is 5.11. The number of Topliss-reactive ketones (excluding diaryl/α,β-unsaturated/α-hetero) is 1. The van der Waals surface area contributed by atoms with Crippen molar-refractivity contribution in [2.24, 2.45) is 0 Å². The van der Waals surface area contributed by atoms with Crippen LogP contribution in [0.5, 0.6) is 5.75 Å². The molecule has 154 valence electrons. The van der Waals surface area contributed by atoms with Gasteiger partial charge < -0.3 is 9.64 Å². The molecule has 0 spiro atoms. The summed E-state index contributed by atoms with van der Waals surface area (Å²) in [5.74, 6) is 1.09. The highest BCUT2D eigenvalue weighted by Gasteiger charge is 2.36. The van der Waals surface area contributed by atoms with Gasteiger partial charge >= 0.3 is 0 Å². The minimum absolute atomic E-state index is 0.0565. The van der Waals surface area contributed by atoms with E-state index < -0.39 is 0 Å². The number of fused-ring (bicyclic) bond motifs is 1. The van der Waals surface area contributed by atoms with Gasteiger partial charge in [-0.25, -0.2) is 4.98 Å². The van der Waals surface area contributed by atoms with Crippen LogP contribution >= 0.6 is 0 Å². The summed E-state index contributed by atoms with van der Waals surface area (Å²) in [7, 11) is 1.57. The quantitative estimate of drug-likeness (QED) is 0.608. The number of ketones is 1. The summed E-state index contributed by atoms with van der Waals surface area (Å²) in [6, 6.07) is 12.3. The fourth-order valence-corrected chi connectivity index (χ4v) is 3.69. The van der Waals surface area contributed by atoms with Crippen LogP contribution < -0.4 is 15.2 Å². The van der Waals surface area contributed by atoms with Gasteiger partial charge in [0.05, 0.1) is 19.3 Å². The molecule has 4 rings (SSSR count). The summed E-state index contributed by atoms with van der Waals surface area (Å²) in [6.45, 7) is 4.82. The number of rotatable bonds is 5. The summed E-state index contributed by atoms with van der Waals surface area (Å²) >= 11 is 0. The molecule has 0 unspecified atom stereocenters. The Hall–Kier alpha value is -3.48. The predicted octanol–water partition coefficient (Wildman–Crippen LogP) is 3.19. The molecule has 0 atom stereocenters. The van der Waals surface area contributed by atoms with Crippen LogP contribution in [0, 0.1) is 0 Å². The van der Waals surface area contributed by atoms with Crippen molar-refractivity contribution in [1.29, 1.82) is 0 Å². The van der Waals surface area contributed by atoms with E-state index in [0.29, 0.717) is 29.5 Å². The van der Waals surface area contributed by atoms with Crippen molar-refractivity contribution >= 4 is 11.7 Å². The molecule has 1 aliphatic rings. The SMILES string of the molecule is COc1cccc(C(=O)CN2c3nc(-c4ccncc4)cc(=O)n3CCC2(C)C)c1. The monoisotopic (exact) mass is 404 g/mol. The van der Waals surface area contributed by atoms with Gasteiger partial charge in [-0.15, -0.1) is 0 Å². The van der Waals surface area contributed by atoms with Gasteiger partial charge in [0, 0.05) is 41.7 Å². The average Bonchev–Trinajstić information content (AvgIpc) is 2.76. The highest BCUT2D eigenvalue weighted by Crippen LogP contribution is 2.32. The van der Waals surface area contributed by atoms with Crippen molar-refractivity contribution in [2.45, 2.75) is 32.4 Å². The fourth-order valence-electron chi connectivity index (χ4n) is 3.69. The largest absolute Gasteiger partial charge is 0.497 e. The number of hydrogen-bond acceptors (Lipinski definition) is 6. The number of carbonyl (C=O) groups excluding carboxylic acids is 1. The second kappa shape index (κ2) is 7.74. The number of ether oxygens (including phenoxy) is 1. The molecule has 30 heavy (non-hydrogen) atoms. The highest BCUT2D eigenvalue weighted by atomic mass is 16.5. The maximum absolute atomic E-state index is 13.1. The smallest absolute Gasteiger partial charge is 0.255 e. The normalized spacial score (nSPS) is 14.8. The van der Waals surface area contributed by atoms with E-state index in [4.69, 9.17) is 9.72 Å². The zero-order chi connectivity index (χ0) is 21.3. The third-order valence-electron chi connectivity index (χ3n) is 5.58. The summed E-state index contributed by atoms with van der Waals surface area (Å²) < 4.78 is 6.89. The number of benzene rings is 1. The van der Waals surface area contributed by atoms with Crippen LogP contribution in [0.15, 0.2) is 59.7 Å². The Balaban J connectivity index is 1.75. The second-order valence-corrected chi connectivity index (χ2v) is 7.97. The maximum Gasteiger partial charge on any atom is 0.255 e. The number of nitrogens with zero attached hydrogens (tertiary/aromatic N) is 4. The first-order valence-electron chi connectivity index (χ1n) is 9.86. The lowest BCUT2D eigenvalue weighted by Gasteiger charge is -2.44. The number of pyridine rings is 1. The van der Waals surface area contributed by atoms with E-state index in [0.717, 1.165) is 12.0 Å². The molecule has 0 N–H and O–H groups in total. The van der Waals surface area contributed by atoms with Gasteiger partial charge in [-0.1, -0.05) is 12.1 Å². The third kappa shape index (κ3) is 3.70. The Morgan fingerprint density at radius 3 is 2.67 bits per heavy atom. The van der Waals surface area contributed by atoms with Crippen molar-refractivity contribution in [3.63, 3.8) is 0 Å². The third-order valence-corrected chi connectivity index (χ3v) is 5.58. The molecule has 7 nitrogen and oxygen atoms in total. The number of hydrogen-bond donors (Lipinski definition) is 0. The molecule has 1 aromatic carbocycles. The van der Waals surface area contributed by atoms with E-state index in [-0.39, 0.29) is 23.4 Å². The molecule has 0 bridgehead atoms. The van der Waals surface area contributed by atoms with Crippen molar-refractivity contribution in [3.05, 3.63) is 70.8 Å². The summed E-state index contributed by atoms with van der Waals surface area (Å²) in [5.41, 5.74) is 1.50. The van der Waals surface area contributed by atoms with Gasteiger partial charge in [0.1, 0.15) is 5.75 Å². The lowest BCUT2D eigenvalue weighted by molar-refractivity contribution is 0.0988. The van der Waals surface area contributed by atoms with Crippen molar-refractivity contribution in [2.75, 3.05) is 18.6 Å². The Morgan fingerprint density at radius 1 is 1.17 bits per heavy atom. The van der Waals surface area contributed by atoms with Crippen LogP contribution in [0.3, 0.4) is 0 Å². The van der Waals surface area contributed by atoms with E-state index in [9.17, 15) is 9.59 Å². The van der Waals surface area contributed by atoms with Crippen LogP contribution in [0.25, 0.3) is 11.3 Å². The second-order valence-electron chi connectivity index (χ2n) is 7.97. The zero-order valence-electron chi connectivity index (χ0n) is 17.3. The number of methoxy groups -OCH3 is 1. The van der Waals surface area contributed by atoms with Crippen molar-refractivity contribution in [1.82, 2.24) is 14.5 Å². The zero-order valence-corrected chi connectivity index (χ0v) is 17.3. The lowest BCUT2D eigenvalue weighted by atomic mass is 9.95. The Bertz CT molecular complexity index is 1140. The summed E-state index contributed by atoms with van der Waals surface area (Å²) in [6.07, 6.45) is 4.08. The summed E-state index contributed by atoms with van der Waals surface area (Å²) in [5, 5.41) is 0. The van der Waals surface area contributed by atoms with Crippen molar-refractivity contribution < 1.29 is 9.53 Å². The van der Waals surface area contributed by atoms with Crippen LogP contribution in [0.1, 0.15) is 30.6 Å². The van der Waals surface area contributed by atoms with E-state index in [2.05, 4.69) is 18.8 Å². The molecule has 2 aromatic heterocycles. The lowest BCUT2D eigenvalue weighted by Crippen LogP contribution is -2.53. The number of aromatic nitrogens is 3. The number of carbonyl (C=O) groups is 1. The molecule has 3 aromatic rings. The van der Waals surface area contributed by atoms with Gasteiger partial charge in [0.25, 0.3) is 5.56 Å². The van der Waals surface area contributed by atoms with Gasteiger partial charge in [-0.3, -0.25) is 19.1 Å². The molecule has 3 heterocycles. The average molecular weight is 404 g/mol. The van der Waals surface area contributed by atoms with Crippen LogP contribution in [0.2, 0.25) is 0 Å². The maximum atomic E-state index is 13.1. The van der Waals surface area contributed by atoms with Gasteiger partial charge in [-0.05, 0) is 44.5 Å². The molecular weight excluding hydrogens is 380 g/mol. The Labute approximate surface area is 175 Å². The van der Waals surface area contributed by atoms with Gasteiger partial charge in [0.15, 0.2) is 5.78 Å². The Morgan fingerprint density at radius 2 is 1.93 bits per heavy atom. The molecule has 0 saturated heterocycles. The number of anilines is 1. The molecule has 1 aliphatic heterocycles. The van der Waals surface area contributed by atoms with E-state index >= 15 is 0 Å². The molecular formula is C23H24N4O3. The molecule has 7 heteroatoms. The molecule has 0 amide bonds. The fraction of sp³-hybridized carbons (Fsp3) is 0.304. The standard InChI is InChI=1S/C23H24N4O3/c1-23(2)9-12-26-21(29)14-19(16-7-10-24-11-8-16)25-22(26)27(23)15-20(28)17-5-4-6-18(13-17)30-3/h4-8,10-11,13-14H,9,12,15H2,1-3H3. The predicted molar refractivity (Wildman–Crippen MR) is 115 cm³/mol. The van der Waals surface area contributed by atoms with Crippen LogP contribution in [-0.4, -0.2) is 39.5 Å². The first-order valence-corrected chi connectivity index (χ1v) is 9.86. The topological polar surface area (TPSA) is 77.3 Å². The van der Waals surface area contributed by atoms with Gasteiger partial charge in [-0.2, -0.15) is 0 Å². The van der Waals surface area contributed by atoms with E-state index in [1.165, 1.54) is 0 Å². The minimum Gasteiger partial charge on any atom is -0.497 e. The van der Waals surface area contributed by atoms with E-state index in [1.54, 1.807) is 54.4 Å². The molecule has 0 aliphatic carbocycles. The first-order chi connectivity index (χ1) is 14.4. The van der Waals surface area contributed by atoms with Crippen LogP contribution in [-0.2, 0) is 6.54 Å².